The smallest absolute Gasteiger partial charge is 0.369 e. The summed E-state index contributed by atoms with van der Waals surface area (Å²) in [6.07, 6.45) is 0. The van der Waals surface area contributed by atoms with Crippen LogP contribution >= 0.6 is 58.1 Å². The molecule has 3 nitrogen and oxygen atoms in total. The second kappa shape index (κ2) is 3.97. The molecule has 0 rings (SSSR count). The van der Waals surface area contributed by atoms with E-state index in [-0.39, 0.29) is 17.8 Å². The fourth-order valence-electron chi connectivity index (χ4n) is 0. The van der Waals surface area contributed by atoms with Crippen molar-refractivity contribution in [2.45, 2.75) is 0 Å². The fraction of sp³-hybridized carbons (Fsp3) is 0. The van der Waals surface area contributed by atoms with Crippen molar-refractivity contribution in [3.63, 3.8) is 0 Å². The van der Waals surface area contributed by atoms with Crippen molar-refractivity contribution in [2.24, 2.45) is 0 Å². The minimum absolute atomic E-state index is 0. The minimum Gasteiger partial charge on any atom is -0.369 e. The minimum atomic E-state index is -5.22. The first-order valence-corrected chi connectivity index (χ1v) is 14.2. The molecule has 0 aliphatic carbocycles. The third-order valence-corrected chi connectivity index (χ3v) is 0. The van der Waals surface area contributed by atoms with Gasteiger partial charge in [-0.15, -0.1) is 0 Å². The van der Waals surface area contributed by atoms with E-state index in [0.29, 0.717) is 0 Å². The van der Waals surface area contributed by atoms with E-state index >= 15 is 0 Å². The molecule has 0 amide bonds. The molecule has 0 spiro atoms. The van der Waals surface area contributed by atoms with E-state index in [0.717, 1.165) is 0 Å². The predicted octanol–water partition coefficient (Wildman–Crippen LogP) is 4.06. The van der Waals surface area contributed by atoms with E-state index in [1.165, 1.54) is 0 Å². The molecule has 0 aromatic heterocycles. The summed E-state index contributed by atoms with van der Waals surface area (Å²) in [7, 11) is 30.3. The van der Waals surface area contributed by atoms with E-state index < -0.39 is 6.48 Å². The first kappa shape index (κ1) is 22.8. The van der Waals surface area contributed by atoms with Gasteiger partial charge in [0.05, 0.1) is 0 Å². The van der Waals surface area contributed by atoms with Crippen LogP contribution in [0.2, 0.25) is 0 Å². The van der Waals surface area contributed by atoms with Crippen LogP contribution in [0.3, 0.4) is 0 Å². The third kappa shape index (κ3) is 174. The molecule has 76 valence electrons. The summed E-state index contributed by atoms with van der Waals surface area (Å²) in [6, 6.07) is 0. The summed E-state index contributed by atoms with van der Waals surface area (Å²) in [6.45, 7) is -5.22. The van der Waals surface area contributed by atoms with Gasteiger partial charge in [-0.05, 0) is 0 Å². The SMILES string of the molecule is O.[Cl][Ru-2]([Cl])([Cl])([Cl])([Cl])[Cl].[NH4+].[NH4+]. The van der Waals surface area contributed by atoms with Crippen LogP contribution < -0.4 is 12.3 Å². The molecule has 0 saturated heterocycles. The van der Waals surface area contributed by atoms with Gasteiger partial charge in [-0.3, -0.25) is 0 Å². The number of quaternary nitrogens is 2. The molecule has 0 bridgehead atoms. The second-order valence-electron chi connectivity index (χ2n) is 0.758. The average molecular weight is 368 g/mol. The largest absolute Gasteiger partial charge is 0.369 e. The first-order chi connectivity index (χ1) is 2.45. The summed E-state index contributed by atoms with van der Waals surface area (Å²) in [5.74, 6) is 0. The van der Waals surface area contributed by atoms with Crippen LogP contribution in [0.1, 0.15) is 0 Å². The van der Waals surface area contributed by atoms with Crippen LogP contribution in [0.25, 0.3) is 0 Å². The Morgan fingerprint density at radius 3 is 0.600 bits per heavy atom. The van der Waals surface area contributed by atoms with Crippen LogP contribution in [-0.4, -0.2) is 5.48 Å². The van der Waals surface area contributed by atoms with Crippen LogP contribution in [-0.2, 0) is 6.48 Å². The van der Waals surface area contributed by atoms with Gasteiger partial charge >= 0.3 is 64.6 Å². The Kier molecular flexibility index (Phi) is 9.04. The van der Waals surface area contributed by atoms with E-state index in [1.807, 2.05) is 0 Å². The van der Waals surface area contributed by atoms with Gasteiger partial charge in [-0.25, -0.2) is 0 Å². The van der Waals surface area contributed by atoms with Gasteiger partial charge < -0.3 is 17.8 Å². The summed E-state index contributed by atoms with van der Waals surface area (Å²) < 4.78 is 0. The van der Waals surface area contributed by atoms with Gasteiger partial charge in [0.1, 0.15) is 0 Å². The zero-order valence-corrected chi connectivity index (χ0v) is 11.4. The topological polar surface area (TPSA) is 104 Å². The Morgan fingerprint density at radius 2 is 0.600 bits per heavy atom. The summed E-state index contributed by atoms with van der Waals surface area (Å²) in [5.41, 5.74) is 0. The van der Waals surface area contributed by atoms with Gasteiger partial charge in [-0.2, -0.15) is 0 Å². The Morgan fingerprint density at radius 1 is 0.600 bits per heavy atom. The molecule has 0 atom stereocenters. The third-order valence-electron chi connectivity index (χ3n) is 0. The molecule has 0 aliphatic heterocycles. The monoisotopic (exact) mass is 366 g/mol. The Hall–Kier alpha value is 2.24. The molecule has 10 N–H and O–H groups in total. The average Bonchev–Trinajstić information content (AvgIpc) is 0.592. The molecule has 10 heavy (non-hydrogen) atoms. The van der Waals surface area contributed by atoms with Crippen LogP contribution in [0.5, 0.6) is 0 Å². The normalized spacial score (nSPS) is 16.2. The van der Waals surface area contributed by atoms with E-state index in [1.54, 1.807) is 0 Å². The van der Waals surface area contributed by atoms with Crippen molar-refractivity contribution < 1.29 is 12.0 Å². The first-order valence-electron chi connectivity index (χ1n) is 0.802. The molecule has 0 aliphatic rings. The molecule has 0 radical (unpaired) electrons. The zero-order valence-electron chi connectivity index (χ0n) is 5.12. The fourth-order valence-corrected chi connectivity index (χ4v) is 0. The molecule has 0 saturated carbocycles. The maximum absolute atomic E-state index is 5.22. The van der Waals surface area contributed by atoms with Gasteiger partial charge in [0.15, 0.2) is 0 Å². The van der Waals surface area contributed by atoms with Crippen LogP contribution in [0.4, 0.5) is 0 Å². The Bertz CT molecular complexity index is 74.3. The standard InChI is InChI=1S/6ClH.2H3N.H2O.Ru/h6*1H;2*1H3;1H2;/q;;;;;;;;;+4/p-4. The molecule has 0 fully saturated rings. The number of rotatable bonds is 0. The van der Waals surface area contributed by atoms with Crippen LogP contribution in [0, 0.1) is 0 Å². The molecule has 10 heteroatoms. The molecular weight excluding hydrogens is 358 g/mol. The van der Waals surface area contributed by atoms with Crippen molar-refractivity contribution in [1.82, 2.24) is 12.3 Å². The van der Waals surface area contributed by atoms with Crippen LogP contribution in [0.15, 0.2) is 0 Å². The van der Waals surface area contributed by atoms with Crippen molar-refractivity contribution in [2.75, 3.05) is 0 Å². The van der Waals surface area contributed by atoms with Crippen molar-refractivity contribution in [3.8, 4) is 0 Å². The molecule has 0 aromatic carbocycles. The maximum atomic E-state index is 5.04. The Balaban J connectivity index is -0.0000000600. The van der Waals surface area contributed by atoms with Crippen molar-refractivity contribution in [3.05, 3.63) is 0 Å². The molecule has 0 aromatic rings. The quantitative estimate of drug-likeness (QED) is 0.602. The Labute approximate surface area is 81.6 Å². The predicted molar refractivity (Wildman–Crippen MR) is 50.7 cm³/mol. The maximum Gasteiger partial charge on any atom is -0.369 e. The van der Waals surface area contributed by atoms with Crippen molar-refractivity contribution >= 4 is 58.1 Å². The molecule has 0 heterocycles. The van der Waals surface area contributed by atoms with Gasteiger partial charge in [0.2, 0.25) is 0 Å². The van der Waals surface area contributed by atoms with E-state index in [4.69, 9.17) is 58.1 Å². The second-order valence-corrected chi connectivity index (χ2v) is 40.3. The van der Waals surface area contributed by atoms with Gasteiger partial charge in [0.25, 0.3) is 0 Å². The van der Waals surface area contributed by atoms with Gasteiger partial charge in [-0.1, -0.05) is 0 Å². The number of hydrogen-bond donors (Lipinski definition) is 2. The molecule has 0 unspecified atom stereocenters. The summed E-state index contributed by atoms with van der Waals surface area (Å²) in [4.78, 5) is 0. The van der Waals surface area contributed by atoms with Crippen molar-refractivity contribution in [1.29, 1.82) is 0 Å². The zero-order chi connectivity index (χ0) is 6.41. The van der Waals surface area contributed by atoms with E-state index in [9.17, 15) is 0 Å². The summed E-state index contributed by atoms with van der Waals surface area (Å²) in [5, 5.41) is 0. The van der Waals surface area contributed by atoms with Gasteiger partial charge in [0, 0.05) is 0 Å². The molecular formula is H10Cl6N2ORu. The number of hydrogen-bond acceptors (Lipinski definition) is 0. The summed E-state index contributed by atoms with van der Waals surface area (Å²) >= 11 is 0. The number of halogens is 6. The van der Waals surface area contributed by atoms with E-state index in [2.05, 4.69) is 0 Å².